The molecule has 1 unspecified atom stereocenters. The van der Waals surface area contributed by atoms with E-state index in [1.807, 2.05) is 0 Å². The van der Waals surface area contributed by atoms with E-state index in [9.17, 15) is 9.90 Å². The van der Waals surface area contributed by atoms with Crippen molar-refractivity contribution in [3.05, 3.63) is 0 Å². The van der Waals surface area contributed by atoms with E-state index >= 15 is 0 Å². The van der Waals surface area contributed by atoms with Crippen LogP contribution in [-0.4, -0.2) is 23.3 Å². The fourth-order valence-electron chi connectivity index (χ4n) is 1.24. The standard InChI is InChI=1S/C11H22O3/c1-4-5-6-7-10(12)8-11(13)14-9(2)3/h9-10,12H,4-8H2,1-3H3. The summed E-state index contributed by atoms with van der Waals surface area (Å²) < 4.78 is 4.93. The number of aliphatic hydroxyl groups is 1. The highest BCUT2D eigenvalue weighted by Crippen LogP contribution is 2.07. The molecule has 0 saturated heterocycles. The molecule has 0 aliphatic rings. The summed E-state index contributed by atoms with van der Waals surface area (Å²) in [5.74, 6) is -0.302. The first-order valence-electron chi connectivity index (χ1n) is 5.43. The zero-order valence-corrected chi connectivity index (χ0v) is 9.45. The van der Waals surface area contributed by atoms with Crippen molar-refractivity contribution in [1.82, 2.24) is 0 Å². The number of carbonyl (C=O) groups excluding carboxylic acids is 1. The molecule has 0 aliphatic carbocycles. The first kappa shape index (κ1) is 13.4. The van der Waals surface area contributed by atoms with Crippen molar-refractivity contribution in [2.24, 2.45) is 0 Å². The van der Waals surface area contributed by atoms with Crippen LogP contribution in [-0.2, 0) is 9.53 Å². The highest BCUT2D eigenvalue weighted by molar-refractivity contribution is 5.70. The number of aliphatic hydroxyl groups excluding tert-OH is 1. The van der Waals surface area contributed by atoms with Crippen LogP contribution in [0.15, 0.2) is 0 Å². The van der Waals surface area contributed by atoms with Crippen LogP contribution in [0.3, 0.4) is 0 Å². The second-order valence-electron chi connectivity index (χ2n) is 3.89. The van der Waals surface area contributed by atoms with Gasteiger partial charge >= 0.3 is 5.97 Å². The van der Waals surface area contributed by atoms with Crippen LogP contribution < -0.4 is 0 Å². The summed E-state index contributed by atoms with van der Waals surface area (Å²) in [5.41, 5.74) is 0. The topological polar surface area (TPSA) is 46.5 Å². The monoisotopic (exact) mass is 202 g/mol. The molecule has 0 radical (unpaired) electrons. The molecule has 0 amide bonds. The Morgan fingerprint density at radius 1 is 1.36 bits per heavy atom. The summed E-state index contributed by atoms with van der Waals surface area (Å²) in [7, 11) is 0. The van der Waals surface area contributed by atoms with E-state index in [1.165, 1.54) is 0 Å². The lowest BCUT2D eigenvalue weighted by atomic mass is 10.1. The van der Waals surface area contributed by atoms with E-state index in [0.717, 1.165) is 19.3 Å². The molecular weight excluding hydrogens is 180 g/mol. The van der Waals surface area contributed by atoms with Gasteiger partial charge in [0.25, 0.3) is 0 Å². The third-order valence-corrected chi connectivity index (χ3v) is 1.91. The molecule has 14 heavy (non-hydrogen) atoms. The maximum Gasteiger partial charge on any atom is 0.308 e. The van der Waals surface area contributed by atoms with Gasteiger partial charge in [0, 0.05) is 0 Å². The number of hydrogen-bond donors (Lipinski definition) is 1. The van der Waals surface area contributed by atoms with Crippen LogP contribution in [0.5, 0.6) is 0 Å². The zero-order valence-electron chi connectivity index (χ0n) is 9.45. The molecule has 0 fully saturated rings. The average molecular weight is 202 g/mol. The van der Waals surface area contributed by atoms with Gasteiger partial charge in [-0.15, -0.1) is 0 Å². The number of esters is 1. The Bertz CT molecular complexity index is 155. The van der Waals surface area contributed by atoms with E-state index in [0.29, 0.717) is 6.42 Å². The molecule has 0 aromatic carbocycles. The summed E-state index contributed by atoms with van der Waals surface area (Å²) in [6.07, 6.45) is 3.41. The molecule has 0 bridgehead atoms. The summed E-state index contributed by atoms with van der Waals surface area (Å²) in [6, 6.07) is 0. The average Bonchev–Trinajstić information content (AvgIpc) is 2.02. The highest BCUT2D eigenvalue weighted by atomic mass is 16.5. The first-order valence-corrected chi connectivity index (χ1v) is 5.43. The molecule has 3 heteroatoms. The largest absolute Gasteiger partial charge is 0.463 e. The highest BCUT2D eigenvalue weighted by Gasteiger charge is 2.12. The van der Waals surface area contributed by atoms with Crippen molar-refractivity contribution < 1.29 is 14.6 Å². The normalized spacial score (nSPS) is 12.9. The second kappa shape index (κ2) is 7.80. The molecule has 0 aromatic rings. The van der Waals surface area contributed by atoms with Crippen molar-refractivity contribution in [3.63, 3.8) is 0 Å². The molecule has 1 atom stereocenters. The molecule has 3 nitrogen and oxygen atoms in total. The van der Waals surface area contributed by atoms with Crippen molar-refractivity contribution in [2.75, 3.05) is 0 Å². The minimum Gasteiger partial charge on any atom is -0.463 e. The molecule has 0 saturated carbocycles. The fourth-order valence-corrected chi connectivity index (χ4v) is 1.24. The Kier molecular flexibility index (Phi) is 7.48. The van der Waals surface area contributed by atoms with Gasteiger partial charge in [-0.3, -0.25) is 4.79 Å². The lowest BCUT2D eigenvalue weighted by Crippen LogP contribution is -2.18. The van der Waals surface area contributed by atoms with Gasteiger partial charge < -0.3 is 9.84 Å². The van der Waals surface area contributed by atoms with Crippen molar-refractivity contribution in [1.29, 1.82) is 0 Å². The van der Waals surface area contributed by atoms with Crippen LogP contribution in [0.1, 0.15) is 52.9 Å². The molecular formula is C11H22O3. The lowest BCUT2D eigenvalue weighted by Gasteiger charge is -2.11. The second-order valence-corrected chi connectivity index (χ2v) is 3.89. The molecule has 0 rings (SSSR count). The smallest absolute Gasteiger partial charge is 0.308 e. The van der Waals surface area contributed by atoms with Crippen LogP contribution in [0.2, 0.25) is 0 Å². The minimum atomic E-state index is -0.534. The van der Waals surface area contributed by atoms with E-state index < -0.39 is 6.10 Å². The summed E-state index contributed by atoms with van der Waals surface area (Å²) in [5, 5.41) is 9.46. The number of carbonyl (C=O) groups is 1. The van der Waals surface area contributed by atoms with Gasteiger partial charge in [0.15, 0.2) is 0 Å². The molecule has 0 aliphatic heterocycles. The number of ether oxygens (including phenoxy) is 1. The van der Waals surface area contributed by atoms with Crippen LogP contribution in [0.25, 0.3) is 0 Å². The molecule has 84 valence electrons. The number of rotatable bonds is 7. The fraction of sp³-hybridized carbons (Fsp3) is 0.909. The van der Waals surface area contributed by atoms with E-state index in [2.05, 4.69) is 6.92 Å². The molecule has 0 spiro atoms. The van der Waals surface area contributed by atoms with Crippen molar-refractivity contribution in [2.45, 2.75) is 65.1 Å². The van der Waals surface area contributed by atoms with Crippen molar-refractivity contribution in [3.8, 4) is 0 Å². The number of unbranched alkanes of at least 4 members (excludes halogenated alkanes) is 2. The summed E-state index contributed by atoms with van der Waals surface area (Å²) >= 11 is 0. The van der Waals surface area contributed by atoms with Crippen LogP contribution in [0.4, 0.5) is 0 Å². The van der Waals surface area contributed by atoms with E-state index in [-0.39, 0.29) is 18.5 Å². The maximum atomic E-state index is 11.1. The molecule has 1 N–H and O–H groups in total. The van der Waals surface area contributed by atoms with Gasteiger partial charge in [-0.2, -0.15) is 0 Å². The number of hydrogen-bond acceptors (Lipinski definition) is 3. The Hall–Kier alpha value is -0.570. The Balaban J connectivity index is 3.50. The predicted octanol–water partition coefficient (Wildman–Crippen LogP) is 2.27. The summed E-state index contributed by atoms with van der Waals surface area (Å²) in [4.78, 5) is 11.1. The van der Waals surface area contributed by atoms with Crippen molar-refractivity contribution >= 4 is 5.97 Å². The SMILES string of the molecule is CCCCCC(O)CC(=O)OC(C)C. The maximum absolute atomic E-state index is 11.1. The Morgan fingerprint density at radius 2 is 2.00 bits per heavy atom. The minimum absolute atomic E-state index is 0.0923. The quantitative estimate of drug-likeness (QED) is 0.509. The van der Waals surface area contributed by atoms with Gasteiger partial charge in [-0.05, 0) is 20.3 Å². The molecule has 0 heterocycles. The molecule has 0 aromatic heterocycles. The summed E-state index contributed by atoms with van der Waals surface area (Å²) in [6.45, 7) is 5.72. The first-order chi connectivity index (χ1) is 6.56. The third-order valence-electron chi connectivity index (χ3n) is 1.91. The van der Waals surface area contributed by atoms with E-state index in [4.69, 9.17) is 4.74 Å². The Labute approximate surface area is 86.5 Å². The third kappa shape index (κ3) is 8.05. The predicted molar refractivity (Wildman–Crippen MR) is 56.0 cm³/mol. The van der Waals surface area contributed by atoms with E-state index in [1.54, 1.807) is 13.8 Å². The lowest BCUT2D eigenvalue weighted by molar-refractivity contribution is -0.149. The Morgan fingerprint density at radius 3 is 2.50 bits per heavy atom. The van der Waals surface area contributed by atoms with Gasteiger partial charge in [0.05, 0.1) is 18.6 Å². The zero-order chi connectivity index (χ0) is 11.0. The van der Waals surface area contributed by atoms with Gasteiger partial charge in [-0.25, -0.2) is 0 Å². The van der Waals surface area contributed by atoms with Crippen LogP contribution in [0, 0.1) is 0 Å². The van der Waals surface area contributed by atoms with Gasteiger partial charge in [0.2, 0.25) is 0 Å². The van der Waals surface area contributed by atoms with Gasteiger partial charge in [0.1, 0.15) is 0 Å². The van der Waals surface area contributed by atoms with Crippen LogP contribution >= 0.6 is 0 Å². The van der Waals surface area contributed by atoms with Gasteiger partial charge in [-0.1, -0.05) is 26.2 Å².